The second-order valence-corrected chi connectivity index (χ2v) is 11.5. The van der Waals surface area contributed by atoms with Gasteiger partial charge in [0.05, 0.1) is 35.4 Å². The number of rotatable bonds is 7. The molecule has 7 nitrogen and oxygen atoms in total. The van der Waals surface area contributed by atoms with E-state index in [4.69, 9.17) is 4.74 Å². The van der Waals surface area contributed by atoms with Crippen molar-refractivity contribution < 1.29 is 26.3 Å². The summed E-state index contributed by atoms with van der Waals surface area (Å²) in [6.07, 6.45) is -1.25. The minimum atomic E-state index is -4.41. The van der Waals surface area contributed by atoms with Crippen molar-refractivity contribution in [3.05, 3.63) is 48.2 Å². The number of nitrogens with zero attached hydrogens (tertiary/aromatic N) is 2. The van der Waals surface area contributed by atoms with Gasteiger partial charge in [-0.3, -0.25) is 0 Å². The first-order valence-electron chi connectivity index (χ1n) is 12.2. The van der Waals surface area contributed by atoms with Gasteiger partial charge in [-0.05, 0) is 62.7 Å². The zero-order valence-corrected chi connectivity index (χ0v) is 22.3. The molecule has 1 saturated heterocycles. The van der Waals surface area contributed by atoms with E-state index in [1.54, 1.807) is 24.3 Å². The van der Waals surface area contributed by atoms with Crippen LogP contribution in [0.25, 0.3) is 10.9 Å². The lowest BCUT2D eigenvalue weighted by molar-refractivity contribution is -0.140. The number of alkyl halides is 3. The first-order chi connectivity index (χ1) is 17.9. The van der Waals surface area contributed by atoms with E-state index in [1.165, 1.54) is 23.8 Å². The predicted octanol–water partition coefficient (Wildman–Crippen LogP) is 4.59. The highest BCUT2D eigenvalue weighted by Gasteiger charge is 2.30. The third-order valence-electron chi connectivity index (χ3n) is 6.45. The lowest BCUT2D eigenvalue weighted by atomic mass is 10.1. The first kappa shape index (κ1) is 27.7. The molecule has 0 radical (unpaired) electrons. The Hall–Kier alpha value is -3.36. The molecule has 38 heavy (non-hydrogen) atoms. The highest BCUT2D eigenvalue weighted by atomic mass is 32.2. The van der Waals surface area contributed by atoms with E-state index in [0.717, 1.165) is 37.9 Å². The maximum Gasteiger partial charge on any atom is 0.406 e. The number of aromatic nitrogens is 1. The van der Waals surface area contributed by atoms with Crippen LogP contribution in [0.2, 0.25) is 0 Å². The molecule has 1 aliphatic rings. The second kappa shape index (κ2) is 11.2. The number of ether oxygens (including phenoxy) is 1. The van der Waals surface area contributed by atoms with Crippen LogP contribution in [0.3, 0.4) is 0 Å². The number of nitrogens with one attached hydrogen (secondary N) is 2. The Morgan fingerprint density at radius 1 is 1.16 bits per heavy atom. The van der Waals surface area contributed by atoms with Gasteiger partial charge in [0.15, 0.2) is 9.84 Å². The van der Waals surface area contributed by atoms with Crippen LogP contribution in [0.5, 0.6) is 5.75 Å². The van der Waals surface area contributed by atoms with E-state index < -0.39 is 22.6 Å². The molecule has 2 aromatic carbocycles. The summed E-state index contributed by atoms with van der Waals surface area (Å²) in [6, 6.07) is 11.7. The lowest BCUT2D eigenvalue weighted by Gasteiger charge is -2.31. The summed E-state index contributed by atoms with van der Waals surface area (Å²) in [7, 11) is 0.0827. The van der Waals surface area contributed by atoms with Gasteiger partial charge in [0.25, 0.3) is 0 Å². The lowest BCUT2D eigenvalue weighted by Crippen LogP contribution is -2.39. The number of hydrogen-bond acceptors (Lipinski definition) is 6. The Balaban J connectivity index is 1.60. The Morgan fingerprint density at radius 3 is 2.63 bits per heavy atom. The summed E-state index contributed by atoms with van der Waals surface area (Å²) in [5.74, 6) is 6.10. The van der Waals surface area contributed by atoms with Gasteiger partial charge in [0.2, 0.25) is 0 Å². The minimum absolute atomic E-state index is 0.113. The Morgan fingerprint density at radius 2 is 1.95 bits per heavy atom. The summed E-state index contributed by atoms with van der Waals surface area (Å²) < 4.78 is 70.5. The van der Waals surface area contributed by atoms with E-state index in [2.05, 4.69) is 34.4 Å². The van der Waals surface area contributed by atoms with Crippen LogP contribution in [0.1, 0.15) is 18.5 Å². The molecule has 204 valence electrons. The molecule has 2 N–H and O–H groups in total. The molecule has 0 aliphatic carbocycles. The summed E-state index contributed by atoms with van der Waals surface area (Å²) in [6.45, 7) is 0.865. The standard InChI is InChI=1S/C27H31F3N4O3S/c1-33-14-6-7-19(17-33)32-23-9-4-10-25-22(23)15-20(34(25)18-27(28,29)30)8-5-13-31-24-12-11-21(38(3,35)36)16-26(24)37-2/h4,9-12,15-16,19,31-32H,6-7,13-14,17-18H2,1-3H3. The normalized spacial score (nSPS) is 16.6. The molecule has 1 atom stereocenters. The summed E-state index contributed by atoms with van der Waals surface area (Å²) in [4.78, 5) is 2.36. The molecule has 1 aliphatic heterocycles. The van der Waals surface area contributed by atoms with Crippen LogP contribution in [-0.4, -0.2) is 70.2 Å². The molecular formula is C27H31F3N4O3S. The van der Waals surface area contributed by atoms with Crippen molar-refractivity contribution in [1.29, 1.82) is 0 Å². The molecule has 1 fully saturated rings. The fourth-order valence-corrected chi connectivity index (χ4v) is 5.33. The molecule has 4 rings (SSSR count). The van der Waals surface area contributed by atoms with Crippen molar-refractivity contribution in [2.75, 3.05) is 50.7 Å². The number of likely N-dealkylation sites (tertiary alicyclic amines) is 1. The Kier molecular flexibility index (Phi) is 8.13. The number of sulfone groups is 1. The van der Waals surface area contributed by atoms with Gasteiger partial charge in [-0.15, -0.1) is 0 Å². The molecule has 2 heterocycles. The van der Waals surface area contributed by atoms with Gasteiger partial charge in [-0.1, -0.05) is 12.0 Å². The first-order valence-corrected chi connectivity index (χ1v) is 14.1. The number of fused-ring (bicyclic) bond motifs is 1. The molecule has 0 amide bonds. The van der Waals surface area contributed by atoms with Crippen LogP contribution in [0, 0.1) is 11.8 Å². The molecule has 11 heteroatoms. The Labute approximate surface area is 220 Å². The smallest absolute Gasteiger partial charge is 0.406 e. The van der Waals surface area contributed by atoms with Crippen molar-refractivity contribution in [2.24, 2.45) is 0 Å². The average Bonchev–Trinajstić information content (AvgIpc) is 3.18. The van der Waals surface area contributed by atoms with E-state index in [9.17, 15) is 21.6 Å². The number of halogens is 3. The third-order valence-corrected chi connectivity index (χ3v) is 7.56. The molecule has 0 spiro atoms. The van der Waals surface area contributed by atoms with Crippen LogP contribution >= 0.6 is 0 Å². The Bertz CT molecular complexity index is 1470. The minimum Gasteiger partial charge on any atom is -0.495 e. The van der Waals surface area contributed by atoms with Crippen molar-refractivity contribution >= 4 is 32.1 Å². The SMILES string of the molecule is COc1cc(S(C)(=O)=O)ccc1NCC#Cc1cc2c(NC3CCCN(C)C3)cccc2n1CC(F)(F)F. The van der Waals surface area contributed by atoms with Crippen LogP contribution in [-0.2, 0) is 16.4 Å². The number of hydrogen-bond donors (Lipinski definition) is 2. The number of anilines is 2. The van der Waals surface area contributed by atoms with Crippen LogP contribution < -0.4 is 15.4 Å². The van der Waals surface area contributed by atoms with Gasteiger partial charge < -0.3 is 24.8 Å². The largest absolute Gasteiger partial charge is 0.495 e. The van der Waals surface area contributed by atoms with Gasteiger partial charge in [-0.2, -0.15) is 13.2 Å². The molecule has 0 saturated carbocycles. The highest BCUT2D eigenvalue weighted by molar-refractivity contribution is 7.90. The van der Waals surface area contributed by atoms with Crippen molar-refractivity contribution in [3.8, 4) is 17.6 Å². The van der Waals surface area contributed by atoms with E-state index in [1.807, 2.05) is 6.07 Å². The summed E-state index contributed by atoms with van der Waals surface area (Å²) in [5.41, 5.74) is 2.04. The zero-order chi connectivity index (χ0) is 27.5. The van der Waals surface area contributed by atoms with Gasteiger partial charge in [0, 0.05) is 36.0 Å². The third kappa shape index (κ3) is 6.74. The predicted molar refractivity (Wildman–Crippen MR) is 144 cm³/mol. The van der Waals surface area contributed by atoms with Crippen molar-refractivity contribution in [2.45, 2.75) is 36.5 Å². The topological polar surface area (TPSA) is 75.6 Å². The summed E-state index contributed by atoms with van der Waals surface area (Å²) >= 11 is 0. The van der Waals surface area contributed by atoms with Crippen molar-refractivity contribution in [3.63, 3.8) is 0 Å². The zero-order valence-electron chi connectivity index (χ0n) is 21.5. The quantitative estimate of drug-likeness (QED) is 0.421. The summed E-state index contributed by atoms with van der Waals surface area (Å²) in [5, 5.41) is 7.26. The average molecular weight is 549 g/mol. The number of piperidine rings is 1. The molecule has 0 bridgehead atoms. The van der Waals surface area contributed by atoms with Gasteiger partial charge >= 0.3 is 6.18 Å². The molecular weight excluding hydrogens is 517 g/mol. The number of likely N-dealkylation sites (N-methyl/N-ethyl adjacent to an activating group) is 1. The van der Waals surface area contributed by atoms with E-state index >= 15 is 0 Å². The monoisotopic (exact) mass is 548 g/mol. The maximum absolute atomic E-state index is 13.5. The second-order valence-electron chi connectivity index (χ2n) is 9.50. The fraction of sp³-hybridized carbons (Fsp3) is 0.407. The molecule has 1 unspecified atom stereocenters. The van der Waals surface area contributed by atoms with Crippen LogP contribution in [0.15, 0.2) is 47.4 Å². The molecule has 3 aromatic rings. The van der Waals surface area contributed by atoms with E-state index in [-0.39, 0.29) is 23.2 Å². The fourth-order valence-electron chi connectivity index (χ4n) is 4.69. The van der Waals surface area contributed by atoms with Crippen molar-refractivity contribution in [1.82, 2.24) is 9.47 Å². The maximum atomic E-state index is 13.5. The number of methoxy groups -OCH3 is 1. The van der Waals surface area contributed by atoms with Crippen LogP contribution in [0.4, 0.5) is 24.5 Å². The van der Waals surface area contributed by atoms with Gasteiger partial charge in [-0.25, -0.2) is 8.42 Å². The van der Waals surface area contributed by atoms with E-state index in [0.29, 0.717) is 22.3 Å². The van der Waals surface area contributed by atoms with Gasteiger partial charge in [0.1, 0.15) is 12.3 Å². The number of benzene rings is 2. The molecule has 1 aromatic heterocycles. The highest BCUT2D eigenvalue weighted by Crippen LogP contribution is 2.31.